The van der Waals surface area contributed by atoms with Crippen molar-refractivity contribution in [3.63, 3.8) is 0 Å². The van der Waals surface area contributed by atoms with Crippen molar-refractivity contribution in [2.75, 3.05) is 25.0 Å². The quantitative estimate of drug-likeness (QED) is 0.928. The SMILES string of the molecule is CN(C(=O)C(C)(C)C1CCCNC1)c1ccc(C#N)cc1. The normalized spacial score (nSPS) is 18.9. The number of amides is 1. The number of nitrogens with one attached hydrogen (secondary N) is 1. The highest BCUT2D eigenvalue weighted by atomic mass is 16.2. The summed E-state index contributed by atoms with van der Waals surface area (Å²) in [6.45, 7) is 6.02. The molecule has 1 saturated heterocycles. The molecule has 0 aromatic heterocycles. The molecule has 2 rings (SSSR count). The number of rotatable bonds is 3. The second-order valence-corrected chi connectivity index (χ2v) is 6.29. The molecular weight excluding hydrogens is 262 g/mol. The minimum absolute atomic E-state index is 0.126. The van der Waals surface area contributed by atoms with Gasteiger partial charge >= 0.3 is 0 Å². The zero-order valence-electron chi connectivity index (χ0n) is 13.0. The maximum absolute atomic E-state index is 12.9. The Bertz CT molecular complexity index is 536. The van der Waals surface area contributed by atoms with Crippen LogP contribution in [0.25, 0.3) is 0 Å². The minimum Gasteiger partial charge on any atom is -0.316 e. The summed E-state index contributed by atoms with van der Waals surface area (Å²) in [5, 5.41) is 12.2. The van der Waals surface area contributed by atoms with Crippen LogP contribution in [0.2, 0.25) is 0 Å². The first-order valence-corrected chi connectivity index (χ1v) is 7.46. The molecule has 4 heteroatoms. The molecule has 0 radical (unpaired) electrons. The number of anilines is 1. The van der Waals surface area contributed by atoms with E-state index >= 15 is 0 Å². The van der Waals surface area contributed by atoms with E-state index in [0.717, 1.165) is 31.6 Å². The highest BCUT2D eigenvalue weighted by Gasteiger charge is 2.39. The Morgan fingerprint density at radius 1 is 1.38 bits per heavy atom. The van der Waals surface area contributed by atoms with E-state index in [4.69, 9.17) is 5.26 Å². The van der Waals surface area contributed by atoms with Crippen LogP contribution in [0.4, 0.5) is 5.69 Å². The maximum atomic E-state index is 12.9. The molecule has 1 heterocycles. The van der Waals surface area contributed by atoms with Crippen molar-refractivity contribution in [1.82, 2.24) is 5.32 Å². The third kappa shape index (κ3) is 3.25. The van der Waals surface area contributed by atoms with Gasteiger partial charge in [0.05, 0.1) is 11.6 Å². The number of nitriles is 1. The van der Waals surface area contributed by atoms with E-state index in [1.54, 1.807) is 17.0 Å². The van der Waals surface area contributed by atoms with E-state index in [0.29, 0.717) is 11.5 Å². The maximum Gasteiger partial charge on any atom is 0.232 e. The Balaban J connectivity index is 2.14. The van der Waals surface area contributed by atoms with Crippen LogP contribution in [-0.2, 0) is 4.79 Å². The van der Waals surface area contributed by atoms with Crippen molar-refractivity contribution in [3.05, 3.63) is 29.8 Å². The fourth-order valence-electron chi connectivity index (χ4n) is 2.95. The van der Waals surface area contributed by atoms with Crippen LogP contribution in [0.15, 0.2) is 24.3 Å². The highest BCUT2D eigenvalue weighted by Crippen LogP contribution is 2.34. The minimum atomic E-state index is -0.393. The molecule has 4 nitrogen and oxygen atoms in total. The van der Waals surface area contributed by atoms with E-state index in [1.165, 1.54) is 0 Å². The molecule has 21 heavy (non-hydrogen) atoms. The van der Waals surface area contributed by atoms with Gasteiger partial charge in [-0.15, -0.1) is 0 Å². The lowest BCUT2D eigenvalue weighted by atomic mass is 9.74. The van der Waals surface area contributed by atoms with Gasteiger partial charge in [-0.3, -0.25) is 4.79 Å². The molecule has 112 valence electrons. The van der Waals surface area contributed by atoms with Gasteiger partial charge in [0.1, 0.15) is 0 Å². The molecule has 1 aromatic rings. The molecule has 1 amide bonds. The Morgan fingerprint density at radius 3 is 2.57 bits per heavy atom. The van der Waals surface area contributed by atoms with Crippen molar-refractivity contribution in [2.24, 2.45) is 11.3 Å². The van der Waals surface area contributed by atoms with Gasteiger partial charge in [0.2, 0.25) is 5.91 Å². The van der Waals surface area contributed by atoms with Crippen LogP contribution < -0.4 is 10.2 Å². The topological polar surface area (TPSA) is 56.1 Å². The van der Waals surface area contributed by atoms with Crippen LogP contribution in [0.5, 0.6) is 0 Å². The number of benzene rings is 1. The number of carbonyl (C=O) groups excluding carboxylic acids is 1. The van der Waals surface area contributed by atoms with Crippen LogP contribution in [-0.4, -0.2) is 26.0 Å². The van der Waals surface area contributed by atoms with Crippen molar-refractivity contribution in [1.29, 1.82) is 5.26 Å². The summed E-state index contributed by atoms with van der Waals surface area (Å²) in [7, 11) is 1.81. The number of piperidine rings is 1. The standard InChI is InChI=1S/C17H23N3O/c1-17(2,14-5-4-10-19-12-14)16(21)20(3)15-8-6-13(11-18)7-9-15/h6-9,14,19H,4-5,10,12H2,1-3H3. The summed E-state index contributed by atoms with van der Waals surface area (Å²) < 4.78 is 0. The van der Waals surface area contributed by atoms with E-state index in [-0.39, 0.29) is 5.91 Å². The van der Waals surface area contributed by atoms with Gasteiger partial charge in [0.25, 0.3) is 0 Å². The largest absolute Gasteiger partial charge is 0.316 e. The molecule has 1 unspecified atom stereocenters. The van der Waals surface area contributed by atoms with E-state index in [9.17, 15) is 4.79 Å². The third-order valence-electron chi connectivity index (χ3n) is 4.56. The molecular formula is C17H23N3O. The van der Waals surface area contributed by atoms with Gasteiger partial charge in [-0.2, -0.15) is 5.26 Å². The van der Waals surface area contributed by atoms with Crippen LogP contribution in [0.1, 0.15) is 32.3 Å². The van der Waals surface area contributed by atoms with Gasteiger partial charge in [-0.05, 0) is 56.1 Å². The van der Waals surface area contributed by atoms with Crippen molar-refractivity contribution in [2.45, 2.75) is 26.7 Å². The highest BCUT2D eigenvalue weighted by molar-refractivity contribution is 5.96. The summed E-state index contributed by atoms with van der Waals surface area (Å²) in [6, 6.07) is 9.23. The summed E-state index contributed by atoms with van der Waals surface area (Å²) >= 11 is 0. The monoisotopic (exact) mass is 285 g/mol. The van der Waals surface area contributed by atoms with Gasteiger partial charge in [0.15, 0.2) is 0 Å². The molecule has 0 spiro atoms. The molecule has 0 aliphatic carbocycles. The number of nitrogens with zero attached hydrogens (tertiary/aromatic N) is 2. The Morgan fingerprint density at radius 2 is 2.05 bits per heavy atom. The molecule has 0 bridgehead atoms. The lowest BCUT2D eigenvalue weighted by Crippen LogP contribution is -2.48. The van der Waals surface area contributed by atoms with E-state index in [1.807, 2.05) is 33.0 Å². The first-order chi connectivity index (χ1) is 9.96. The zero-order chi connectivity index (χ0) is 15.5. The smallest absolute Gasteiger partial charge is 0.232 e. The zero-order valence-corrected chi connectivity index (χ0v) is 13.0. The first-order valence-electron chi connectivity index (χ1n) is 7.46. The van der Waals surface area contributed by atoms with Gasteiger partial charge in [-0.25, -0.2) is 0 Å². The summed E-state index contributed by atoms with van der Waals surface area (Å²) in [5.74, 6) is 0.487. The fourth-order valence-corrected chi connectivity index (χ4v) is 2.95. The molecule has 1 aromatic carbocycles. The second-order valence-electron chi connectivity index (χ2n) is 6.29. The summed E-state index contributed by atoms with van der Waals surface area (Å²) in [5.41, 5.74) is 1.04. The fraction of sp³-hybridized carbons (Fsp3) is 0.529. The first kappa shape index (κ1) is 15.5. The van der Waals surface area contributed by atoms with Gasteiger partial charge in [0, 0.05) is 18.2 Å². The summed E-state index contributed by atoms with van der Waals surface area (Å²) in [6.07, 6.45) is 2.22. The lowest BCUT2D eigenvalue weighted by Gasteiger charge is -2.38. The van der Waals surface area contributed by atoms with Crippen LogP contribution in [0.3, 0.4) is 0 Å². The van der Waals surface area contributed by atoms with E-state index in [2.05, 4.69) is 11.4 Å². The predicted octanol–water partition coefficient (Wildman–Crippen LogP) is 2.55. The molecule has 1 aliphatic rings. The van der Waals surface area contributed by atoms with Crippen molar-refractivity contribution in [3.8, 4) is 6.07 Å². The molecule has 0 saturated carbocycles. The molecule has 1 N–H and O–H groups in total. The number of carbonyl (C=O) groups is 1. The Hall–Kier alpha value is -1.86. The Labute approximate surface area is 126 Å². The predicted molar refractivity (Wildman–Crippen MR) is 83.9 cm³/mol. The van der Waals surface area contributed by atoms with Crippen molar-refractivity contribution < 1.29 is 4.79 Å². The number of hydrogen-bond acceptors (Lipinski definition) is 3. The Kier molecular flexibility index (Phi) is 4.64. The average molecular weight is 285 g/mol. The van der Waals surface area contributed by atoms with Crippen LogP contribution >= 0.6 is 0 Å². The van der Waals surface area contributed by atoms with Gasteiger partial charge < -0.3 is 10.2 Å². The molecule has 1 atom stereocenters. The van der Waals surface area contributed by atoms with Gasteiger partial charge in [-0.1, -0.05) is 13.8 Å². The average Bonchev–Trinajstić information content (AvgIpc) is 2.54. The number of hydrogen-bond donors (Lipinski definition) is 1. The molecule has 1 fully saturated rings. The van der Waals surface area contributed by atoms with Crippen molar-refractivity contribution >= 4 is 11.6 Å². The summed E-state index contributed by atoms with van der Waals surface area (Å²) in [4.78, 5) is 14.6. The molecule has 1 aliphatic heterocycles. The van der Waals surface area contributed by atoms with Crippen LogP contribution in [0, 0.1) is 22.7 Å². The third-order valence-corrected chi connectivity index (χ3v) is 4.56. The van der Waals surface area contributed by atoms with E-state index < -0.39 is 5.41 Å². The lowest BCUT2D eigenvalue weighted by molar-refractivity contribution is -0.129. The second kappa shape index (κ2) is 6.28.